The van der Waals surface area contributed by atoms with Crippen molar-refractivity contribution in [2.45, 2.75) is 0 Å². The Labute approximate surface area is 134 Å². The van der Waals surface area contributed by atoms with Gasteiger partial charge in [0.1, 0.15) is 0 Å². The fourth-order valence-electron chi connectivity index (χ4n) is 2.02. The molecule has 0 saturated carbocycles. The highest BCUT2D eigenvalue weighted by Gasteiger charge is 2.08. The van der Waals surface area contributed by atoms with E-state index in [9.17, 15) is 14.9 Å². The molecule has 2 amide bonds. The topological polar surface area (TPSA) is 87.5 Å². The summed E-state index contributed by atoms with van der Waals surface area (Å²) in [5.41, 5.74) is 1.38. The molecule has 0 aromatic heterocycles. The SMILES string of the molecule is CN(CCNC(=O)Nc1cccc([N+](=O)[O-])c1)c1ccccc1. The van der Waals surface area contributed by atoms with Gasteiger partial charge in [0.2, 0.25) is 0 Å². The van der Waals surface area contributed by atoms with E-state index in [-0.39, 0.29) is 5.69 Å². The van der Waals surface area contributed by atoms with Crippen molar-refractivity contribution in [2.75, 3.05) is 30.4 Å². The van der Waals surface area contributed by atoms with Gasteiger partial charge in [-0.15, -0.1) is 0 Å². The molecule has 2 aromatic carbocycles. The molecule has 0 bridgehead atoms. The van der Waals surface area contributed by atoms with Gasteiger partial charge in [0, 0.05) is 43.6 Å². The van der Waals surface area contributed by atoms with Crippen LogP contribution in [0.1, 0.15) is 0 Å². The minimum Gasteiger partial charge on any atom is -0.373 e. The average Bonchev–Trinajstić information content (AvgIpc) is 2.55. The Morgan fingerprint density at radius 2 is 1.91 bits per heavy atom. The quantitative estimate of drug-likeness (QED) is 0.634. The van der Waals surface area contributed by atoms with Crippen LogP contribution in [0.25, 0.3) is 0 Å². The number of hydrogen-bond acceptors (Lipinski definition) is 4. The maximum absolute atomic E-state index is 11.8. The van der Waals surface area contributed by atoms with E-state index >= 15 is 0 Å². The van der Waals surface area contributed by atoms with Crippen molar-refractivity contribution in [3.63, 3.8) is 0 Å². The number of nitrogens with one attached hydrogen (secondary N) is 2. The molecule has 7 nitrogen and oxygen atoms in total. The number of nitro groups is 1. The van der Waals surface area contributed by atoms with E-state index in [1.807, 2.05) is 42.3 Å². The third-order valence-corrected chi connectivity index (χ3v) is 3.24. The molecule has 2 aromatic rings. The Kier molecular flexibility index (Phi) is 5.51. The first-order valence-electron chi connectivity index (χ1n) is 7.12. The van der Waals surface area contributed by atoms with Gasteiger partial charge >= 0.3 is 6.03 Å². The van der Waals surface area contributed by atoms with Crippen molar-refractivity contribution in [3.05, 3.63) is 64.7 Å². The van der Waals surface area contributed by atoms with Crippen LogP contribution in [-0.4, -0.2) is 31.1 Å². The predicted molar refractivity (Wildman–Crippen MR) is 89.8 cm³/mol. The molecule has 120 valence electrons. The van der Waals surface area contributed by atoms with Gasteiger partial charge in [-0.3, -0.25) is 10.1 Å². The minimum atomic E-state index is -0.502. The van der Waals surface area contributed by atoms with E-state index in [1.54, 1.807) is 6.07 Å². The molecule has 0 radical (unpaired) electrons. The van der Waals surface area contributed by atoms with Crippen LogP contribution in [0.2, 0.25) is 0 Å². The molecule has 0 heterocycles. The molecule has 0 saturated heterocycles. The van der Waals surface area contributed by atoms with Crippen LogP contribution >= 0.6 is 0 Å². The van der Waals surface area contributed by atoms with Crippen LogP contribution in [0, 0.1) is 10.1 Å². The number of carbonyl (C=O) groups is 1. The number of amides is 2. The number of benzene rings is 2. The van der Waals surface area contributed by atoms with Crippen molar-refractivity contribution in [2.24, 2.45) is 0 Å². The summed E-state index contributed by atoms with van der Waals surface area (Å²) >= 11 is 0. The molecular formula is C16H18N4O3. The highest BCUT2D eigenvalue weighted by Crippen LogP contribution is 2.16. The zero-order valence-corrected chi connectivity index (χ0v) is 12.7. The van der Waals surface area contributed by atoms with Gasteiger partial charge in [-0.1, -0.05) is 24.3 Å². The maximum Gasteiger partial charge on any atom is 0.319 e. The molecule has 0 aliphatic heterocycles. The van der Waals surface area contributed by atoms with E-state index in [0.29, 0.717) is 18.8 Å². The summed E-state index contributed by atoms with van der Waals surface area (Å²) in [6.45, 7) is 1.10. The average molecular weight is 314 g/mol. The lowest BCUT2D eigenvalue weighted by Gasteiger charge is -2.19. The van der Waals surface area contributed by atoms with Gasteiger partial charge in [-0.05, 0) is 18.2 Å². The van der Waals surface area contributed by atoms with E-state index in [1.165, 1.54) is 18.2 Å². The molecular weight excluding hydrogens is 296 g/mol. The number of rotatable bonds is 6. The first-order chi connectivity index (χ1) is 11.1. The summed E-state index contributed by atoms with van der Waals surface area (Å²) < 4.78 is 0. The number of nitro benzene ring substituents is 1. The molecule has 23 heavy (non-hydrogen) atoms. The maximum atomic E-state index is 11.8. The predicted octanol–water partition coefficient (Wildman–Crippen LogP) is 2.85. The van der Waals surface area contributed by atoms with Crippen molar-refractivity contribution in [3.8, 4) is 0 Å². The summed E-state index contributed by atoms with van der Waals surface area (Å²) in [6, 6.07) is 15.2. The van der Waals surface area contributed by atoms with Crippen molar-refractivity contribution in [1.29, 1.82) is 0 Å². The Morgan fingerprint density at radius 1 is 1.17 bits per heavy atom. The molecule has 0 fully saturated rings. The van der Waals surface area contributed by atoms with E-state index in [2.05, 4.69) is 10.6 Å². The fourth-order valence-corrected chi connectivity index (χ4v) is 2.02. The molecule has 2 N–H and O–H groups in total. The number of urea groups is 1. The minimum absolute atomic E-state index is 0.0633. The van der Waals surface area contributed by atoms with Crippen LogP contribution in [-0.2, 0) is 0 Å². The lowest BCUT2D eigenvalue weighted by Crippen LogP contribution is -2.35. The van der Waals surface area contributed by atoms with Gasteiger partial charge in [-0.2, -0.15) is 0 Å². The fraction of sp³-hybridized carbons (Fsp3) is 0.188. The van der Waals surface area contributed by atoms with Crippen LogP contribution in [0.15, 0.2) is 54.6 Å². The van der Waals surface area contributed by atoms with E-state index in [0.717, 1.165) is 5.69 Å². The van der Waals surface area contributed by atoms with Crippen LogP contribution in [0.5, 0.6) is 0 Å². The van der Waals surface area contributed by atoms with Crippen molar-refractivity contribution in [1.82, 2.24) is 5.32 Å². The number of hydrogen-bond donors (Lipinski definition) is 2. The molecule has 0 unspecified atom stereocenters. The second kappa shape index (κ2) is 7.79. The van der Waals surface area contributed by atoms with Gasteiger partial charge in [-0.25, -0.2) is 4.79 Å². The molecule has 0 atom stereocenters. The van der Waals surface area contributed by atoms with Crippen LogP contribution in [0.4, 0.5) is 21.9 Å². The summed E-state index contributed by atoms with van der Waals surface area (Å²) in [5, 5.41) is 16.0. The number of anilines is 2. The first kappa shape index (κ1) is 16.3. The highest BCUT2D eigenvalue weighted by atomic mass is 16.6. The second-order valence-corrected chi connectivity index (χ2v) is 4.95. The second-order valence-electron chi connectivity index (χ2n) is 4.95. The lowest BCUT2D eigenvalue weighted by molar-refractivity contribution is -0.384. The van der Waals surface area contributed by atoms with Gasteiger partial charge in [0.05, 0.1) is 4.92 Å². The Bertz CT molecular complexity index is 676. The Balaban J connectivity index is 1.79. The number of carbonyl (C=O) groups excluding carboxylic acids is 1. The highest BCUT2D eigenvalue weighted by molar-refractivity contribution is 5.89. The van der Waals surface area contributed by atoms with Gasteiger partial charge in [0.25, 0.3) is 5.69 Å². The molecule has 2 rings (SSSR count). The molecule has 0 aliphatic rings. The van der Waals surface area contributed by atoms with Crippen molar-refractivity contribution < 1.29 is 9.72 Å². The lowest BCUT2D eigenvalue weighted by atomic mass is 10.3. The number of para-hydroxylation sites is 1. The third kappa shape index (κ3) is 4.99. The van der Waals surface area contributed by atoms with E-state index in [4.69, 9.17) is 0 Å². The monoisotopic (exact) mass is 314 g/mol. The van der Waals surface area contributed by atoms with Crippen LogP contribution in [0.3, 0.4) is 0 Å². The zero-order chi connectivity index (χ0) is 16.7. The third-order valence-electron chi connectivity index (χ3n) is 3.24. The molecule has 0 spiro atoms. The smallest absolute Gasteiger partial charge is 0.319 e. The summed E-state index contributed by atoms with van der Waals surface area (Å²) in [4.78, 5) is 24.0. The Morgan fingerprint density at radius 3 is 2.61 bits per heavy atom. The zero-order valence-electron chi connectivity index (χ0n) is 12.7. The van der Waals surface area contributed by atoms with E-state index < -0.39 is 11.0 Å². The summed E-state index contributed by atoms with van der Waals surface area (Å²) in [5.74, 6) is 0. The normalized spacial score (nSPS) is 9.96. The molecule has 0 aliphatic carbocycles. The van der Waals surface area contributed by atoms with Gasteiger partial charge in [0.15, 0.2) is 0 Å². The number of nitrogens with zero attached hydrogens (tertiary/aromatic N) is 2. The summed E-state index contributed by atoms with van der Waals surface area (Å²) in [6.07, 6.45) is 0. The van der Waals surface area contributed by atoms with Gasteiger partial charge < -0.3 is 15.5 Å². The number of non-ortho nitro benzene ring substituents is 1. The first-order valence-corrected chi connectivity index (χ1v) is 7.12. The largest absolute Gasteiger partial charge is 0.373 e. The Hall–Kier alpha value is -3.09. The summed E-state index contributed by atoms with van der Waals surface area (Å²) in [7, 11) is 1.94. The molecule has 7 heteroatoms. The van der Waals surface area contributed by atoms with Crippen LogP contribution < -0.4 is 15.5 Å². The number of likely N-dealkylation sites (N-methyl/N-ethyl adjacent to an activating group) is 1. The standard InChI is InChI=1S/C16H18N4O3/c1-19(14-7-3-2-4-8-14)11-10-17-16(21)18-13-6-5-9-15(12-13)20(22)23/h2-9,12H,10-11H2,1H3,(H2,17,18,21). The van der Waals surface area contributed by atoms with Crippen molar-refractivity contribution >= 4 is 23.1 Å².